The molecule has 0 rings (SSSR count). The predicted octanol–water partition coefficient (Wildman–Crippen LogP) is -0.680. The minimum atomic E-state index is -4.22. The average Bonchev–Trinajstić information content (AvgIpc) is 1.21. The lowest BCUT2D eigenvalue weighted by Gasteiger charge is -2.06. The summed E-state index contributed by atoms with van der Waals surface area (Å²) >= 11 is 0. The van der Waals surface area contributed by atoms with Crippen molar-refractivity contribution in [1.29, 1.82) is 0 Å². The fourth-order valence-corrected chi connectivity index (χ4v) is 0.824. The molecule has 0 atom stereocenters. The van der Waals surface area contributed by atoms with Crippen molar-refractivity contribution in [3.63, 3.8) is 0 Å². The molecular weight excluding hydrogens is 158 g/mol. The van der Waals surface area contributed by atoms with Crippen molar-refractivity contribution in [3.05, 3.63) is 0 Å². The van der Waals surface area contributed by atoms with Gasteiger partial charge in [-0.15, -0.1) is 0 Å². The van der Waals surface area contributed by atoms with Crippen molar-refractivity contribution < 1.29 is 18.9 Å². The first kappa shape index (κ1) is 12.3. The maximum atomic E-state index is 9.91. The molecule has 0 aliphatic carbocycles. The van der Waals surface area contributed by atoms with Gasteiger partial charge in [0, 0.05) is 0 Å². The maximum Gasteiger partial charge on any atom is 0.469 e. The van der Waals surface area contributed by atoms with E-state index in [0.29, 0.717) is 0 Å². The standard InChI is InChI=1S/C3H9O4P.Al.3H/c1-3(2)7-8(4,5)6;;;;/h3H,1-2H3,(H2,4,5,6);;;;. The maximum absolute atomic E-state index is 9.91. The van der Waals surface area contributed by atoms with Crippen molar-refractivity contribution in [2.75, 3.05) is 0 Å². The van der Waals surface area contributed by atoms with E-state index >= 15 is 0 Å². The summed E-state index contributed by atoms with van der Waals surface area (Å²) in [7, 11) is -4.22. The van der Waals surface area contributed by atoms with Crippen LogP contribution in [0, 0.1) is 0 Å². The molecule has 0 aromatic carbocycles. The van der Waals surface area contributed by atoms with Crippen molar-refractivity contribution >= 4 is 25.2 Å². The quantitative estimate of drug-likeness (QED) is 0.425. The monoisotopic (exact) mass is 170 g/mol. The van der Waals surface area contributed by atoms with E-state index in [4.69, 9.17) is 9.79 Å². The van der Waals surface area contributed by atoms with E-state index in [1.165, 1.54) is 0 Å². The molecule has 0 aliphatic heterocycles. The Morgan fingerprint density at radius 3 is 1.78 bits per heavy atom. The number of phosphoric acid groups is 1. The number of phosphoric ester groups is 1. The average molecular weight is 170 g/mol. The van der Waals surface area contributed by atoms with Crippen LogP contribution in [0.1, 0.15) is 13.8 Å². The first-order chi connectivity index (χ1) is 3.42. The minimum Gasteiger partial charge on any atom is -0.303 e. The smallest absolute Gasteiger partial charge is 0.303 e. The highest BCUT2D eigenvalue weighted by atomic mass is 31.2. The summed E-state index contributed by atoms with van der Waals surface area (Å²) in [4.78, 5) is 16.2. The van der Waals surface area contributed by atoms with Crippen LogP contribution in [0.5, 0.6) is 0 Å². The van der Waals surface area contributed by atoms with E-state index in [-0.39, 0.29) is 17.4 Å². The van der Waals surface area contributed by atoms with Gasteiger partial charge in [0.05, 0.1) is 6.10 Å². The van der Waals surface area contributed by atoms with E-state index < -0.39 is 13.9 Å². The number of rotatable bonds is 2. The van der Waals surface area contributed by atoms with Gasteiger partial charge < -0.3 is 9.79 Å². The van der Waals surface area contributed by atoms with Gasteiger partial charge >= 0.3 is 7.82 Å². The highest BCUT2D eigenvalue weighted by Gasteiger charge is 2.14. The van der Waals surface area contributed by atoms with E-state index in [0.717, 1.165) is 0 Å². The fraction of sp³-hybridized carbons (Fsp3) is 1.00. The Kier molecular flexibility index (Phi) is 6.11. The molecule has 0 unspecified atom stereocenters. The molecule has 56 valence electrons. The Balaban J connectivity index is 0. The summed E-state index contributed by atoms with van der Waals surface area (Å²) in [5.74, 6) is 0. The van der Waals surface area contributed by atoms with Crippen LogP contribution in [0.15, 0.2) is 0 Å². The van der Waals surface area contributed by atoms with Crippen molar-refractivity contribution in [1.82, 2.24) is 0 Å². The van der Waals surface area contributed by atoms with E-state index in [9.17, 15) is 4.57 Å². The number of hydrogen-bond donors (Lipinski definition) is 2. The van der Waals surface area contributed by atoms with Gasteiger partial charge in [0.2, 0.25) is 0 Å². The highest BCUT2D eigenvalue weighted by molar-refractivity contribution is 7.46. The van der Waals surface area contributed by atoms with Crippen molar-refractivity contribution in [2.24, 2.45) is 0 Å². The first-order valence-corrected chi connectivity index (χ1v) is 3.69. The second kappa shape index (κ2) is 4.46. The molecule has 4 nitrogen and oxygen atoms in total. The lowest BCUT2D eigenvalue weighted by atomic mass is 10.5. The molecule has 0 bridgehead atoms. The Hall–Kier alpha value is 0.642. The molecule has 0 saturated carbocycles. The zero-order valence-corrected chi connectivity index (χ0v) is 5.63. The van der Waals surface area contributed by atoms with Gasteiger partial charge in [-0.3, -0.25) is 4.52 Å². The molecule has 0 aromatic rings. The SMILES string of the molecule is CC(C)OP(=O)(O)O.[AlH3]. The summed E-state index contributed by atoms with van der Waals surface area (Å²) in [6.45, 7) is 3.11. The lowest BCUT2D eigenvalue weighted by Crippen LogP contribution is -1.98. The van der Waals surface area contributed by atoms with E-state index in [1.54, 1.807) is 13.8 Å². The zero-order valence-electron chi connectivity index (χ0n) is 4.74. The van der Waals surface area contributed by atoms with Crippen LogP contribution in [0.2, 0.25) is 0 Å². The first-order valence-electron chi connectivity index (χ1n) is 2.16. The summed E-state index contributed by atoms with van der Waals surface area (Å²) < 4.78 is 14.0. The molecule has 0 amide bonds. The summed E-state index contributed by atoms with van der Waals surface area (Å²) in [5, 5.41) is 0. The van der Waals surface area contributed by atoms with Gasteiger partial charge in [-0.2, -0.15) is 0 Å². The van der Waals surface area contributed by atoms with Crippen LogP contribution in [0.3, 0.4) is 0 Å². The van der Waals surface area contributed by atoms with Gasteiger partial charge in [0.15, 0.2) is 17.4 Å². The molecule has 0 fully saturated rings. The molecule has 0 saturated heterocycles. The second-order valence-electron chi connectivity index (χ2n) is 1.64. The summed E-state index contributed by atoms with van der Waals surface area (Å²) in [6.07, 6.45) is -0.421. The predicted molar refractivity (Wildman–Crippen MR) is 38.2 cm³/mol. The Bertz CT molecular complexity index is 108. The molecule has 0 aliphatic rings. The molecule has 0 aromatic heterocycles. The summed E-state index contributed by atoms with van der Waals surface area (Å²) in [6, 6.07) is 0. The second-order valence-corrected chi connectivity index (χ2v) is 2.84. The Labute approximate surface area is 64.6 Å². The largest absolute Gasteiger partial charge is 0.469 e. The third-order valence-corrected chi connectivity index (χ3v) is 1.04. The van der Waals surface area contributed by atoms with Gasteiger partial charge in [0.25, 0.3) is 0 Å². The van der Waals surface area contributed by atoms with Gasteiger partial charge in [0.1, 0.15) is 0 Å². The molecule has 0 heterocycles. The third kappa shape index (κ3) is 12.0. The van der Waals surface area contributed by atoms with Crippen LogP contribution in [-0.2, 0) is 9.09 Å². The molecule has 0 spiro atoms. The molecule has 9 heavy (non-hydrogen) atoms. The van der Waals surface area contributed by atoms with E-state index in [2.05, 4.69) is 4.52 Å². The van der Waals surface area contributed by atoms with E-state index in [1.807, 2.05) is 0 Å². The Morgan fingerprint density at radius 1 is 1.44 bits per heavy atom. The molecular formula is C3H12AlO4P. The van der Waals surface area contributed by atoms with Gasteiger partial charge in [-0.05, 0) is 13.8 Å². The highest BCUT2D eigenvalue weighted by Crippen LogP contribution is 2.37. The third-order valence-electron chi connectivity index (χ3n) is 0.348. The normalized spacial score (nSPS) is 11.2. The van der Waals surface area contributed by atoms with Crippen molar-refractivity contribution in [2.45, 2.75) is 20.0 Å². The van der Waals surface area contributed by atoms with Crippen LogP contribution in [-0.4, -0.2) is 33.3 Å². The van der Waals surface area contributed by atoms with Crippen LogP contribution in [0.25, 0.3) is 0 Å². The molecule has 2 N–H and O–H groups in total. The minimum absolute atomic E-state index is 0. The fourth-order valence-electron chi connectivity index (χ4n) is 0.275. The van der Waals surface area contributed by atoms with Crippen LogP contribution in [0.4, 0.5) is 0 Å². The van der Waals surface area contributed by atoms with Gasteiger partial charge in [-0.25, -0.2) is 4.57 Å². The van der Waals surface area contributed by atoms with Gasteiger partial charge in [-0.1, -0.05) is 0 Å². The molecule has 0 radical (unpaired) electrons. The van der Waals surface area contributed by atoms with Crippen molar-refractivity contribution in [3.8, 4) is 0 Å². The number of hydrogen-bond acceptors (Lipinski definition) is 2. The van der Waals surface area contributed by atoms with Crippen LogP contribution >= 0.6 is 7.82 Å². The zero-order chi connectivity index (χ0) is 6.78. The summed E-state index contributed by atoms with van der Waals surface area (Å²) in [5.41, 5.74) is 0. The topological polar surface area (TPSA) is 66.8 Å². The lowest BCUT2D eigenvalue weighted by molar-refractivity contribution is 0.156. The molecule has 6 heteroatoms. The Morgan fingerprint density at radius 2 is 1.78 bits per heavy atom. The van der Waals surface area contributed by atoms with Crippen LogP contribution < -0.4 is 0 Å².